The summed E-state index contributed by atoms with van der Waals surface area (Å²) in [7, 11) is 3.31. The number of para-hydroxylation sites is 1. The second-order valence-corrected chi connectivity index (χ2v) is 4.49. The molecule has 2 N–H and O–H groups in total. The van der Waals surface area contributed by atoms with Gasteiger partial charge in [-0.2, -0.15) is 0 Å². The average Bonchev–Trinajstić information content (AvgIpc) is 2.94. The van der Waals surface area contributed by atoms with E-state index in [1.54, 1.807) is 20.5 Å². The van der Waals surface area contributed by atoms with E-state index in [0.717, 1.165) is 35.7 Å². The van der Waals surface area contributed by atoms with Crippen LogP contribution in [0.2, 0.25) is 0 Å². The second kappa shape index (κ2) is 4.93. The van der Waals surface area contributed by atoms with E-state index in [2.05, 4.69) is 15.3 Å². The third kappa shape index (κ3) is 1.96. The molecule has 3 rings (SSSR count). The molecule has 5 nitrogen and oxygen atoms in total. The van der Waals surface area contributed by atoms with Crippen molar-refractivity contribution in [2.45, 2.75) is 12.5 Å². The van der Waals surface area contributed by atoms with E-state index in [4.69, 9.17) is 9.47 Å². The third-order valence-corrected chi connectivity index (χ3v) is 3.49. The highest BCUT2D eigenvalue weighted by atomic mass is 16.5. The molecule has 5 heteroatoms. The fraction of sp³-hybridized carbons (Fsp3) is 0.357. The third-order valence-electron chi connectivity index (χ3n) is 3.49. The Labute approximate surface area is 112 Å². The van der Waals surface area contributed by atoms with Gasteiger partial charge in [-0.05, 0) is 6.07 Å². The van der Waals surface area contributed by atoms with Gasteiger partial charge in [-0.25, -0.2) is 4.98 Å². The van der Waals surface area contributed by atoms with Crippen molar-refractivity contribution in [2.24, 2.45) is 0 Å². The molecule has 1 atom stereocenters. The van der Waals surface area contributed by atoms with E-state index in [-0.39, 0.29) is 6.04 Å². The fourth-order valence-corrected chi connectivity index (χ4v) is 2.62. The molecule has 0 fully saturated rings. The highest BCUT2D eigenvalue weighted by Crippen LogP contribution is 2.38. The Hall–Kier alpha value is -2.01. The Kier molecular flexibility index (Phi) is 3.13. The van der Waals surface area contributed by atoms with Gasteiger partial charge in [0.15, 0.2) is 11.5 Å². The summed E-state index contributed by atoms with van der Waals surface area (Å²) in [6, 6.07) is 5.96. The first-order chi connectivity index (χ1) is 9.35. The van der Waals surface area contributed by atoms with Gasteiger partial charge in [0, 0.05) is 24.2 Å². The maximum Gasteiger partial charge on any atom is 0.165 e. The summed E-state index contributed by atoms with van der Waals surface area (Å²) >= 11 is 0. The van der Waals surface area contributed by atoms with Crippen molar-refractivity contribution in [3.8, 4) is 11.5 Å². The normalized spacial score (nSPS) is 17.9. The van der Waals surface area contributed by atoms with Crippen molar-refractivity contribution < 1.29 is 9.47 Å². The summed E-state index contributed by atoms with van der Waals surface area (Å²) in [5.41, 5.74) is 3.28. The van der Waals surface area contributed by atoms with Crippen LogP contribution in [0, 0.1) is 0 Å². The zero-order valence-corrected chi connectivity index (χ0v) is 11.1. The molecular weight excluding hydrogens is 242 g/mol. The van der Waals surface area contributed by atoms with Crippen molar-refractivity contribution in [3.05, 3.63) is 41.5 Å². The molecule has 0 saturated carbocycles. The number of rotatable bonds is 3. The van der Waals surface area contributed by atoms with E-state index in [1.807, 2.05) is 18.2 Å². The van der Waals surface area contributed by atoms with Crippen LogP contribution in [0.25, 0.3) is 0 Å². The Morgan fingerprint density at radius 2 is 2.16 bits per heavy atom. The molecule has 0 amide bonds. The van der Waals surface area contributed by atoms with Gasteiger partial charge in [0.05, 0.1) is 32.3 Å². The van der Waals surface area contributed by atoms with Crippen molar-refractivity contribution in [3.63, 3.8) is 0 Å². The Balaban J connectivity index is 2.09. The lowest BCUT2D eigenvalue weighted by Gasteiger charge is -2.25. The number of nitrogens with zero attached hydrogens (tertiary/aromatic N) is 1. The number of methoxy groups -OCH3 is 2. The van der Waals surface area contributed by atoms with Crippen LogP contribution in [-0.4, -0.2) is 30.7 Å². The molecule has 19 heavy (non-hydrogen) atoms. The van der Waals surface area contributed by atoms with Crippen LogP contribution in [0.4, 0.5) is 0 Å². The summed E-state index contributed by atoms with van der Waals surface area (Å²) in [6.07, 6.45) is 2.72. The van der Waals surface area contributed by atoms with E-state index in [0.29, 0.717) is 0 Å². The lowest BCUT2D eigenvalue weighted by Crippen LogP contribution is -2.31. The van der Waals surface area contributed by atoms with Crippen LogP contribution in [0.15, 0.2) is 24.5 Å². The van der Waals surface area contributed by atoms with Gasteiger partial charge in [0.2, 0.25) is 0 Å². The van der Waals surface area contributed by atoms with Crippen LogP contribution >= 0.6 is 0 Å². The quantitative estimate of drug-likeness (QED) is 0.880. The molecule has 0 spiro atoms. The lowest BCUT2D eigenvalue weighted by molar-refractivity contribution is 0.348. The Morgan fingerprint density at radius 3 is 2.95 bits per heavy atom. The zero-order chi connectivity index (χ0) is 13.2. The Bertz CT molecular complexity index is 580. The minimum absolute atomic E-state index is 0.0417. The van der Waals surface area contributed by atoms with Gasteiger partial charge in [-0.3, -0.25) is 0 Å². The summed E-state index contributed by atoms with van der Waals surface area (Å²) in [5, 5.41) is 3.49. The van der Waals surface area contributed by atoms with Crippen LogP contribution in [-0.2, 0) is 6.42 Å². The number of nitrogens with one attached hydrogen (secondary N) is 2. The van der Waals surface area contributed by atoms with Gasteiger partial charge in [0.1, 0.15) is 0 Å². The van der Waals surface area contributed by atoms with Gasteiger partial charge in [0.25, 0.3) is 0 Å². The smallest absolute Gasteiger partial charge is 0.165 e. The van der Waals surface area contributed by atoms with E-state index < -0.39 is 0 Å². The number of H-pyrrole nitrogens is 1. The summed E-state index contributed by atoms with van der Waals surface area (Å²) in [6.45, 7) is 0.917. The van der Waals surface area contributed by atoms with E-state index in [1.165, 1.54) is 5.69 Å². The fourth-order valence-electron chi connectivity index (χ4n) is 2.62. The lowest BCUT2D eigenvalue weighted by atomic mass is 9.97. The summed E-state index contributed by atoms with van der Waals surface area (Å²) in [5.74, 6) is 1.50. The van der Waals surface area contributed by atoms with E-state index >= 15 is 0 Å². The first kappa shape index (κ1) is 12.0. The minimum Gasteiger partial charge on any atom is -0.493 e. The highest BCUT2D eigenvalue weighted by Gasteiger charge is 2.27. The average molecular weight is 259 g/mol. The molecule has 1 aromatic carbocycles. The molecule has 100 valence electrons. The van der Waals surface area contributed by atoms with Crippen molar-refractivity contribution in [1.29, 1.82) is 0 Å². The van der Waals surface area contributed by atoms with Crippen molar-refractivity contribution in [2.75, 3.05) is 20.8 Å². The topological polar surface area (TPSA) is 59.2 Å². The molecular formula is C14H17N3O2. The second-order valence-electron chi connectivity index (χ2n) is 4.49. The number of ether oxygens (including phenoxy) is 2. The number of aromatic amines is 1. The van der Waals surface area contributed by atoms with E-state index in [9.17, 15) is 0 Å². The Morgan fingerprint density at radius 1 is 1.26 bits per heavy atom. The van der Waals surface area contributed by atoms with Gasteiger partial charge >= 0.3 is 0 Å². The molecule has 0 saturated heterocycles. The van der Waals surface area contributed by atoms with Crippen LogP contribution in [0.5, 0.6) is 11.5 Å². The number of aromatic nitrogens is 2. The molecule has 0 bridgehead atoms. The summed E-state index contributed by atoms with van der Waals surface area (Å²) in [4.78, 5) is 7.63. The standard InChI is InChI=1S/C14H17N3O2/c1-18-11-5-3-4-9(14(11)19-2)12-13-10(6-7-15-12)16-8-17-13/h3-5,8,12,15H,6-7H2,1-2H3,(H,16,17). The predicted molar refractivity (Wildman–Crippen MR) is 71.7 cm³/mol. The maximum atomic E-state index is 5.51. The summed E-state index contributed by atoms with van der Waals surface area (Å²) < 4.78 is 10.9. The molecule has 1 aliphatic rings. The highest BCUT2D eigenvalue weighted by molar-refractivity contribution is 5.50. The first-order valence-corrected chi connectivity index (χ1v) is 6.31. The number of imidazole rings is 1. The van der Waals surface area contributed by atoms with Crippen LogP contribution < -0.4 is 14.8 Å². The van der Waals surface area contributed by atoms with Crippen LogP contribution in [0.1, 0.15) is 23.0 Å². The molecule has 1 unspecified atom stereocenters. The number of hydrogen-bond donors (Lipinski definition) is 2. The largest absolute Gasteiger partial charge is 0.493 e. The van der Waals surface area contributed by atoms with Crippen molar-refractivity contribution in [1.82, 2.24) is 15.3 Å². The molecule has 1 aromatic heterocycles. The van der Waals surface area contributed by atoms with Gasteiger partial charge < -0.3 is 19.8 Å². The minimum atomic E-state index is 0.0417. The SMILES string of the molecule is COc1cccc(C2NCCc3[nH]cnc32)c1OC. The molecule has 2 heterocycles. The maximum absolute atomic E-state index is 5.51. The first-order valence-electron chi connectivity index (χ1n) is 6.31. The number of benzene rings is 1. The molecule has 0 radical (unpaired) electrons. The molecule has 2 aromatic rings. The van der Waals surface area contributed by atoms with Crippen molar-refractivity contribution >= 4 is 0 Å². The zero-order valence-electron chi connectivity index (χ0n) is 11.1. The van der Waals surface area contributed by atoms with Gasteiger partial charge in [-0.1, -0.05) is 12.1 Å². The molecule has 0 aliphatic carbocycles. The molecule has 1 aliphatic heterocycles. The van der Waals surface area contributed by atoms with Crippen LogP contribution in [0.3, 0.4) is 0 Å². The number of fused-ring (bicyclic) bond motifs is 1. The number of hydrogen-bond acceptors (Lipinski definition) is 4. The van der Waals surface area contributed by atoms with Gasteiger partial charge in [-0.15, -0.1) is 0 Å². The monoisotopic (exact) mass is 259 g/mol. The predicted octanol–water partition coefficient (Wildman–Crippen LogP) is 1.66.